The SMILES string of the molecule is CC/C=C(\C)[C@@H](OC(=O)[C@H](C)NC)[C@@H](C)[C@H](C/C=C(\C)C(=O)O[C@@H](C(=O)N[C@H](C(=O)N(C)[C@H](CC(C)C)C(=O)N(C)CC(=O)N[C@H](C(=O)O)C(C)C)C(C)C)[C@@H](C)CC)OCSC. The number of ether oxygens (including phenoxy) is 3. The zero-order valence-corrected chi connectivity index (χ0v) is 42.0. The number of carbonyl (C=O) groups is 7. The van der Waals surface area contributed by atoms with Gasteiger partial charge in [0.05, 0.1) is 18.6 Å². The molecule has 16 nitrogen and oxygen atoms in total. The van der Waals surface area contributed by atoms with E-state index in [0.717, 1.165) is 16.9 Å². The predicted octanol–water partition coefficient (Wildman–Crippen LogP) is 5.20. The van der Waals surface area contributed by atoms with Crippen molar-refractivity contribution in [2.45, 2.75) is 158 Å². The molecule has 0 aliphatic carbocycles. The fraction of sp³-hybridized carbons (Fsp3) is 0.761. The Hall–Kier alpha value is -3.96. The van der Waals surface area contributed by atoms with Gasteiger partial charge in [0, 0.05) is 31.5 Å². The number of allylic oxidation sites excluding steroid dienone is 1. The summed E-state index contributed by atoms with van der Waals surface area (Å²) in [5.41, 5.74) is 1.13. The number of carboxylic acids is 1. The number of rotatable bonds is 29. The van der Waals surface area contributed by atoms with Crippen molar-refractivity contribution >= 4 is 53.3 Å². The molecule has 0 spiro atoms. The number of esters is 2. The molecule has 0 aliphatic heterocycles. The summed E-state index contributed by atoms with van der Waals surface area (Å²) in [6.07, 6.45) is 5.07. The Bertz CT molecular complexity index is 1570. The lowest BCUT2D eigenvalue weighted by atomic mass is 9.90. The molecule has 0 unspecified atom stereocenters. The number of carbonyl (C=O) groups excluding carboxylic acids is 6. The van der Waals surface area contributed by atoms with Crippen LogP contribution in [-0.2, 0) is 47.8 Å². The first-order valence-corrected chi connectivity index (χ1v) is 23.6. The molecule has 0 aromatic rings. The molecule has 63 heavy (non-hydrogen) atoms. The average Bonchev–Trinajstić information content (AvgIpc) is 3.22. The van der Waals surface area contributed by atoms with Gasteiger partial charge in [-0.2, -0.15) is 0 Å². The Morgan fingerprint density at radius 2 is 1.38 bits per heavy atom. The van der Waals surface area contributed by atoms with E-state index in [1.54, 1.807) is 61.6 Å². The number of nitrogens with one attached hydrogen (secondary N) is 3. The summed E-state index contributed by atoms with van der Waals surface area (Å²) in [6, 6.07) is -3.78. The number of thioether (sulfide) groups is 1. The van der Waals surface area contributed by atoms with Gasteiger partial charge in [-0.05, 0) is 83.1 Å². The summed E-state index contributed by atoms with van der Waals surface area (Å²) in [6.45, 7) is 23.0. The van der Waals surface area contributed by atoms with E-state index in [9.17, 15) is 38.7 Å². The zero-order valence-electron chi connectivity index (χ0n) is 41.2. The lowest BCUT2D eigenvalue weighted by Crippen LogP contribution is -2.58. The average molecular weight is 912 g/mol. The van der Waals surface area contributed by atoms with Crippen molar-refractivity contribution in [3.63, 3.8) is 0 Å². The van der Waals surface area contributed by atoms with Crippen LogP contribution in [0.3, 0.4) is 0 Å². The van der Waals surface area contributed by atoms with Crippen LogP contribution >= 0.6 is 11.8 Å². The van der Waals surface area contributed by atoms with Crippen molar-refractivity contribution in [3.05, 3.63) is 23.3 Å². The van der Waals surface area contributed by atoms with Crippen LogP contribution in [0.25, 0.3) is 0 Å². The molecule has 9 atom stereocenters. The molecule has 0 aromatic carbocycles. The first kappa shape index (κ1) is 59.0. The second-order valence-corrected chi connectivity index (χ2v) is 18.5. The highest BCUT2D eigenvalue weighted by Gasteiger charge is 2.39. The molecule has 17 heteroatoms. The van der Waals surface area contributed by atoms with Crippen LogP contribution in [0.2, 0.25) is 0 Å². The maximum absolute atomic E-state index is 14.2. The third-order valence-electron chi connectivity index (χ3n) is 11.1. The molecular weight excluding hydrogens is 831 g/mol. The second kappa shape index (κ2) is 29.5. The molecule has 0 rings (SSSR count). The maximum atomic E-state index is 14.2. The van der Waals surface area contributed by atoms with Crippen LogP contribution in [0.1, 0.15) is 116 Å². The number of aliphatic carboxylic acids is 1. The highest BCUT2D eigenvalue weighted by molar-refractivity contribution is 7.98. The number of carboxylic acid groups (broad SMARTS) is 1. The summed E-state index contributed by atoms with van der Waals surface area (Å²) in [5.74, 6) is -5.97. The van der Waals surface area contributed by atoms with Gasteiger partial charge in [-0.15, -0.1) is 11.8 Å². The van der Waals surface area contributed by atoms with E-state index in [4.69, 9.17) is 14.2 Å². The van der Waals surface area contributed by atoms with Crippen molar-refractivity contribution in [2.75, 3.05) is 39.9 Å². The Morgan fingerprint density at radius 3 is 1.86 bits per heavy atom. The summed E-state index contributed by atoms with van der Waals surface area (Å²) < 4.78 is 18.1. The molecule has 0 saturated heterocycles. The van der Waals surface area contributed by atoms with Gasteiger partial charge in [-0.1, -0.05) is 81.4 Å². The molecule has 0 aliphatic rings. The highest BCUT2D eigenvalue weighted by Crippen LogP contribution is 2.27. The van der Waals surface area contributed by atoms with E-state index < -0.39 is 108 Å². The first-order chi connectivity index (χ1) is 29.3. The van der Waals surface area contributed by atoms with Crippen molar-refractivity contribution in [2.24, 2.45) is 29.6 Å². The van der Waals surface area contributed by atoms with Gasteiger partial charge >= 0.3 is 17.9 Å². The molecule has 0 bridgehead atoms. The number of hydrogen-bond acceptors (Lipinski definition) is 12. The standard InChI is InChI=1S/C46H81N5O11S/c1-18-20-30(10)39(61-46(59)33(13)47-14)32(12)35(60-25-63-17)22-21-31(11)45(58)62-40(29(9)19-2)41(53)49-37(27(5)6)43(55)51(16)34(23-26(3)4)42(54)50(15)24-36(52)48-38(28(7)8)44(56)57/h20-21,26-29,32-35,37-40,47H,18-19,22-25H2,1-17H3,(H,48,52)(H,49,53)(H,56,57)/b30-20+,31-21+/t29-,32-,33-,34+,35-,37-,38-,39+,40+/m0/s1. The Labute approximate surface area is 381 Å². The molecule has 0 aromatic heterocycles. The Balaban J connectivity index is 6.42. The van der Waals surface area contributed by atoms with Gasteiger partial charge < -0.3 is 45.1 Å². The molecule has 4 N–H and O–H groups in total. The minimum atomic E-state index is -1.26. The largest absolute Gasteiger partial charge is 0.480 e. The smallest absolute Gasteiger partial charge is 0.334 e. The van der Waals surface area contributed by atoms with Crippen LogP contribution in [0.5, 0.6) is 0 Å². The van der Waals surface area contributed by atoms with E-state index in [-0.39, 0.29) is 30.3 Å². The van der Waals surface area contributed by atoms with E-state index in [1.165, 1.54) is 30.8 Å². The zero-order chi connectivity index (χ0) is 48.9. The van der Waals surface area contributed by atoms with Crippen LogP contribution in [0, 0.1) is 29.6 Å². The molecule has 362 valence electrons. The summed E-state index contributed by atoms with van der Waals surface area (Å²) in [4.78, 5) is 95.6. The highest BCUT2D eigenvalue weighted by atomic mass is 32.2. The van der Waals surface area contributed by atoms with Gasteiger partial charge in [-0.3, -0.25) is 24.0 Å². The van der Waals surface area contributed by atoms with Crippen LogP contribution in [0.4, 0.5) is 0 Å². The summed E-state index contributed by atoms with van der Waals surface area (Å²) >= 11 is 1.49. The third kappa shape index (κ3) is 19.8. The van der Waals surface area contributed by atoms with Crippen LogP contribution in [-0.4, -0.2) is 139 Å². The fourth-order valence-corrected chi connectivity index (χ4v) is 6.99. The lowest BCUT2D eigenvalue weighted by Gasteiger charge is -2.35. The number of likely N-dealkylation sites (N-methyl/N-ethyl adjacent to an activating group) is 3. The Kier molecular flexibility index (Phi) is 27.6. The van der Waals surface area contributed by atoms with E-state index in [2.05, 4.69) is 16.0 Å². The van der Waals surface area contributed by atoms with Gasteiger partial charge in [0.15, 0.2) is 6.10 Å². The fourth-order valence-electron chi connectivity index (χ4n) is 6.68. The van der Waals surface area contributed by atoms with E-state index in [0.29, 0.717) is 12.4 Å². The molecule has 0 heterocycles. The summed E-state index contributed by atoms with van der Waals surface area (Å²) in [7, 11) is 4.56. The van der Waals surface area contributed by atoms with Gasteiger partial charge in [0.2, 0.25) is 17.7 Å². The van der Waals surface area contributed by atoms with Gasteiger partial charge in [0.25, 0.3) is 5.91 Å². The topological polar surface area (TPSA) is 210 Å². The molecule has 0 saturated carbocycles. The minimum Gasteiger partial charge on any atom is -0.480 e. The quantitative estimate of drug-likeness (QED) is 0.0330. The lowest BCUT2D eigenvalue weighted by molar-refractivity contribution is -0.157. The Morgan fingerprint density at radius 1 is 0.794 bits per heavy atom. The van der Waals surface area contributed by atoms with Crippen molar-refractivity contribution in [3.8, 4) is 0 Å². The monoisotopic (exact) mass is 912 g/mol. The van der Waals surface area contributed by atoms with Gasteiger partial charge in [-0.25, -0.2) is 9.59 Å². The number of hydrogen-bond donors (Lipinski definition) is 4. The minimum absolute atomic E-state index is 0.0462. The van der Waals surface area contributed by atoms with Crippen LogP contribution in [0.15, 0.2) is 23.3 Å². The van der Waals surface area contributed by atoms with Crippen LogP contribution < -0.4 is 16.0 Å². The number of amides is 4. The first-order valence-electron chi connectivity index (χ1n) is 22.2. The van der Waals surface area contributed by atoms with Crippen molar-refractivity contribution < 1.29 is 52.9 Å². The van der Waals surface area contributed by atoms with E-state index >= 15 is 0 Å². The second-order valence-electron chi connectivity index (χ2n) is 17.7. The predicted molar refractivity (Wildman–Crippen MR) is 247 cm³/mol. The van der Waals surface area contributed by atoms with Crippen molar-refractivity contribution in [1.82, 2.24) is 25.8 Å². The third-order valence-corrected chi connectivity index (χ3v) is 11.5. The normalized spacial score (nSPS) is 16.5. The number of nitrogens with zero attached hydrogens (tertiary/aromatic N) is 2. The van der Waals surface area contributed by atoms with Gasteiger partial charge in [0.1, 0.15) is 30.3 Å². The molecule has 4 amide bonds. The summed E-state index contributed by atoms with van der Waals surface area (Å²) in [5, 5.41) is 17.7. The molecule has 0 radical (unpaired) electrons. The van der Waals surface area contributed by atoms with E-state index in [1.807, 2.05) is 53.9 Å². The molecular formula is C46H81N5O11S. The molecule has 0 fully saturated rings. The van der Waals surface area contributed by atoms with Crippen molar-refractivity contribution in [1.29, 1.82) is 0 Å². The maximum Gasteiger partial charge on any atom is 0.334 e.